The average molecular weight is 485 g/mol. The Balaban J connectivity index is 1.34. The van der Waals surface area contributed by atoms with E-state index in [4.69, 9.17) is 14.5 Å². The Morgan fingerprint density at radius 1 is 1.08 bits per heavy atom. The van der Waals surface area contributed by atoms with Gasteiger partial charge in [-0.15, -0.1) is 0 Å². The fourth-order valence-corrected chi connectivity index (χ4v) is 4.26. The molecule has 0 unspecified atom stereocenters. The predicted molar refractivity (Wildman–Crippen MR) is 135 cm³/mol. The van der Waals surface area contributed by atoms with Crippen LogP contribution in [0.25, 0.3) is 16.9 Å². The summed E-state index contributed by atoms with van der Waals surface area (Å²) in [6.07, 6.45) is 8.80. The summed E-state index contributed by atoms with van der Waals surface area (Å²) in [5.41, 5.74) is 1.62. The Bertz CT molecular complexity index is 1370. The molecule has 1 N–H and O–H groups in total. The smallest absolute Gasteiger partial charge is 0.145 e. The van der Waals surface area contributed by atoms with Crippen molar-refractivity contribution >= 4 is 11.5 Å². The third-order valence-corrected chi connectivity index (χ3v) is 6.03. The minimum absolute atomic E-state index is 0.131. The summed E-state index contributed by atoms with van der Waals surface area (Å²) in [7, 11) is 0. The molecule has 0 radical (unpaired) electrons. The number of anilines is 1. The van der Waals surface area contributed by atoms with E-state index in [0.717, 1.165) is 48.8 Å². The Kier molecular flexibility index (Phi) is 6.44. The van der Waals surface area contributed by atoms with E-state index in [2.05, 4.69) is 20.9 Å². The van der Waals surface area contributed by atoms with Crippen LogP contribution in [0.5, 0.6) is 11.5 Å². The van der Waals surface area contributed by atoms with E-state index >= 15 is 0 Å². The molecule has 5 rings (SSSR count). The van der Waals surface area contributed by atoms with Crippen LogP contribution >= 0.6 is 0 Å². The molecule has 1 aliphatic rings. The molecule has 4 aromatic rings. The molecule has 1 aliphatic heterocycles. The normalized spacial score (nSPS) is 14.6. The molecule has 0 aliphatic carbocycles. The van der Waals surface area contributed by atoms with Gasteiger partial charge in [0.1, 0.15) is 47.4 Å². The number of fused-ring (bicyclic) bond motifs is 1. The number of aromatic nitrogens is 4. The molecule has 5 heterocycles. The van der Waals surface area contributed by atoms with Gasteiger partial charge in [0, 0.05) is 56.0 Å². The van der Waals surface area contributed by atoms with Crippen LogP contribution in [0.1, 0.15) is 32.4 Å². The van der Waals surface area contributed by atoms with Crippen molar-refractivity contribution in [3.63, 3.8) is 0 Å². The van der Waals surface area contributed by atoms with Gasteiger partial charge in [0.2, 0.25) is 0 Å². The molecule has 0 spiro atoms. The summed E-state index contributed by atoms with van der Waals surface area (Å²) in [5, 5.41) is 19.6. The van der Waals surface area contributed by atoms with E-state index in [9.17, 15) is 10.4 Å². The molecule has 9 nitrogen and oxygen atoms in total. The minimum Gasteiger partial charge on any atom is -0.490 e. The third-order valence-electron chi connectivity index (χ3n) is 6.03. The van der Waals surface area contributed by atoms with Gasteiger partial charge in [0.05, 0.1) is 23.7 Å². The summed E-state index contributed by atoms with van der Waals surface area (Å²) in [6, 6.07) is 13.6. The van der Waals surface area contributed by atoms with Crippen LogP contribution in [-0.2, 0) is 0 Å². The molecule has 184 valence electrons. The number of hydrogen-bond acceptors (Lipinski definition) is 8. The fraction of sp³-hybridized carbons (Fsp3) is 0.333. The summed E-state index contributed by atoms with van der Waals surface area (Å²) in [6.45, 7) is 5.20. The van der Waals surface area contributed by atoms with E-state index in [-0.39, 0.29) is 12.7 Å². The number of nitrogens with zero attached hydrogens (tertiary/aromatic N) is 6. The maximum Gasteiger partial charge on any atom is 0.145 e. The van der Waals surface area contributed by atoms with E-state index in [1.165, 1.54) is 6.20 Å². The summed E-state index contributed by atoms with van der Waals surface area (Å²) in [5.74, 6) is 2.26. The fourth-order valence-electron chi connectivity index (χ4n) is 4.26. The van der Waals surface area contributed by atoms with Gasteiger partial charge in [0.25, 0.3) is 0 Å². The van der Waals surface area contributed by atoms with Crippen molar-refractivity contribution in [2.45, 2.75) is 38.4 Å². The molecular formula is C27H28N6O3. The zero-order valence-electron chi connectivity index (χ0n) is 20.3. The highest BCUT2D eigenvalue weighted by atomic mass is 16.5. The number of aliphatic hydroxyl groups is 1. The van der Waals surface area contributed by atoms with Gasteiger partial charge in [0.15, 0.2) is 0 Å². The van der Waals surface area contributed by atoms with Crippen molar-refractivity contribution in [2.24, 2.45) is 0 Å². The first-order chi connectivity index (χ1) is 17.4. The maximum absolute atomic E-state index is 10.1. The highest BCUT2D eigenvalue weighted by Gasteiger charge is 2.22. The van der Waals surface area contributed by atoms with E-state index in [1.807, 2.05) is 36.5 Å². The Morgan fingerprint density at radius 3 is 2.58 bits per heavy atom. The van der Waals surface area contributed by atoms with Crippen LogP contribution in [0.2, 0.25) is 0 Å². The summed E-state index contributed by atoms with van der Waals surface area (Å²) >= 11 is 0. The zero-order chi connectivity index (χ0) is 25.1. The van der Waals surface area contributed by atoms with E-state index in [1.54, 1.807) is 36.7 Å². The molecular weight excluding hydrogens is 456 g/mol. The van der Waals surface area contributed by atoms with Gasteiger partial charge in [-0.2, -0.15) is 5.26 Å². The van der Waals surface area contributed by atoms with Crippen molar-refractivity contribution in [3.8, 4) is 28.8 Å². The van der Waals surface area contributed by atoms with Crippen LogP contribution in [0.15, 0.2) is 61.2 Å². The lowest BCUT2D eigenvalue weighted by atomic mass is 10.1. The topological polar surface area (TPSA) is 109 Å². The van der Waals surface area contributed by atoms with Crippen molar-refractivity contribution in [1.29, 1.82) is 5.26 Å². The predicted octanol–water partition coefficient (Wildman–Crippen LogP) is 3.86. The highest BCUT2D eigenvalue weighted by Crippen LogP contribution is 2.29. The monoisotopic (exact) mass is 484 g/mol. The van der Waals surface area contributed by atoms with Gasteiger partial charge in [-0.1, -0.05) is 0 Å². The van der Waals surface area contributed by atoms with Crippen LogP contribution < -0.4 is 14.4 Å². The molecule has 0 amide bonds. The summed E-state index contributed by atoms with van der Waals surface area (Å²) in [4.78, 5) is 15.5. The van der Waals surface area contributed by atoms with Gasteiger partial charge in [-0.05, 0) is 38.1 Å². The largest absolute Gasteiger partial charge is 0.490 e. The average Bonchev–Trinajstić information content (AvgIpc) is 3.31. The van der Waals surface area contributed by atoms with Crippen LogP contribution in [0.4, 0.5) is 5.82 Å². The van der Waals surface area contributed by atoms with Gasteiger partial charge in [-0.25, -0.2) is 9.97 Å². The molecule has 0 aromatic carbocycles. The number of nitriles is 1. The number of piperidine rings is 1. The molecule has 0 saturated carbocycles. The first-order valence-corrected chi connectivity index (χ1v) is 11.9. The van der Waals surface area contributed by atoms with Crippen LogP contribution in [0.3, 0.4) is 0 Å². The van der Waals surface area contributed by atoms with Gasteiger partial charge < -0.3 is 19.5 Å². The first-order valence-electron chi connectivity index (χ1n) is 11.9. The van der Waals surface area contributed by atoms with E-state index in [0.29, 0.717) is 17.1 Å². The number of rotatable bonds is 7. The van der Waals surface area contributed by atoms with Crippen molar-refractivity contribution in [2.75, 3.05) is 24.6 Å². The molecule has 9 heteroatoms. The lowest BCUT2D eigenvalue weighted by molar-refractivity contribution is 0.0285. The van der Waals surface area contributed by atoms with Gasteiger partial charge >= 0.3 is 0 Å². The quantitative estimate of drug-likeness (QED) is 0.421. The van der Waals surface area contributed by atoms with Crippen LogP contribution in [0, 0.1) is 11.3 Å². The lowest BCUT2D eigenvalue weighted by Crippen LogP contribution is -2.38. The molecule has 1 fully saturated rings. The number of ether oxygens (including phenoxy) is 2. The van der Waals surface area contributed by atoms with E-state index < -0.39 is 5.60 Å². The Labute approximate surface area is 209 Å². The first kappa shape index (κ1) is 23.6. The minimum atomic E-state index is -0.973. The molecule has 4 aromatic heterocycles. The van der Waals surface area contributed by atoms with Crippen LogP contribution in [-0.4, -0.2) is 55.9 Å². The standard InChI is InChI=1S/C27H28N6O3/c1-27(2,34)18-35-23-12-24(33-20(14-28)16-31-26(33)13-23)19-5-6-25(30-15-19)32-10-7-21(8-11-32)36-22-4-3-9-29-17-22/h3-6,9,12-13,15-17,21,34H,7-8,10-11,18H2,1-2H3. The Hall–Kier alpha value is -4.16. The number of imidazole rings is 1. The molecule has 0 bridgehead atoms. The zero-order valence-corrected chi connectivity index (χ0v) is 20.3. The second-order valence-corrected chi connectivity index (χ2v) is 9.52. The SMILES string of the molecule is CC(C)(O)COc1cc(-c2ccc(N3CCC(Oc4cccnc4)CC3)nc2)n2c(C#N)cnc2c1. The highest BCUT2D eigenvalue weighted by molar-refractivity contribution is 5.68. The number of hydrogen-bond donors (Lipinski definition) is 1. The van der Waals surface area contributed by atoms with Gasteiger partial charge in [-0.3, -0.25) is 9.38 Å². The number of pyridine rings is 3. The van der Waals surface area contributed by atoms with Crippen molar-refractivity contribution < 1.29 is 14.6 Å². The van der Waals surface area contributed by atoms with Crippen molar-refractivity contribution in [3.05, 3.63) is 66.9 Å². The lowest BCUT2D eigenvalue weighted by Gasteiger charge is -2.33. The second kappa shape index (κ2) is 9.84. The summed E-state index contributed by atoms with van der Waals surface area (Å²) < 4.78 is 13.7. The second-order valence-electron chi connectivity index (χ2n) is 9.52. The van der Waals surface area contributed by atoms with Crippen molar-refractivity contribution in [1.82, 2.24) is 19.4 Å². The Morgan fingerprint density at radius 2 is 1.92 bits per heavy atom. The third kappa shape index (κ3) is 5.24. The molecule has 36 heavy (non-hydrogen) atoms. The maximum atomic E-state index is 10.1. The molecule has 0 atom stereocenters. The molecule has 1 saturated heterocycles.